The first-order chi connectivity index (χ1) is 8.73. The molecular weight excluding hydrogens is 232 g/mol. The monoisotopic (exact) mass is 248 g/mol. The zero-order chi connectivity index (χ0) is 12.6. The van der Waals surface area contributed by atoms with E-state index < -0.39 is 0 Å². The van der Waals surface area contributed by atoms with E-state index >= 15 is 0 Å². The van der Waals surface area contributed by atoms with Crippen LogP contribution in [-0.2, 0) is 5.54 Å². The summed E-state index contributed by atoms with van der Waals surface area (Å²) in [7, 11) is 0. The van der Waals surface area contributed by atoms with E-state index in [0.29, 0.717) is 23.3 Å². The quantitative estimate of drug-likeness (QED) is 0.895. The number of hydrogen-bond donors (Lipinski definition) is 1. The maximum absolute atomic E-state index is 5.40. The minimum Gasteiger partial charge on any atom is -0.449 e. The van der Waals surface area contributed by atoms with Crippen LogP contribution in [0.5, 0.6) is 0 Å². The number of hydrogen-bond acceptors (Lipinski definition) is 6. The third kappa shape index (κ3) is 1.73. The second-order valence-electron chi connectivity index (χ2n) is 4.64. The molecule has 1 fully saturated rings. The Hall–Kier alpha value is -1.69. The predicted octanol–water partition coefficient (Wildman–Crippen LogP) is 2.02. The SMILES string of the molecule is CCC1(c2nc(-c3coc(C)n3)no2)CCCN1. The van der Waals surface area contributed by atoms with Gasteiger partial charge in [0.1, 0.15) is 12.0 Å². The van der Waals surface area contributed by atoms with E-state index in [1.165, 1.54) is 0 Å². The summed E-state index contributed by atoms with van der Waals surface area (Å²) in [5.41, 5.74) is 0.455. The fourth-order valence-electron chi connectivity index (χ4n) is 2.43. The molecule has 1 atom stereocenters. The van der Waals surface area contributed by atoms with Crippen molar-refractivity contribution in [1.29, 1.82) is 0 Å². The maximum Gasteiger partial charge on any atom is 0.247 e. The van der Waals surface area contributed by atoms with Crippen LogP contribution in [0.3, 0.4) is 0 Å². The van der Waals surface area contributed by atoms with Gasteiger partial charge in [-0.3, -0.25) is 0 Å². The molecule has 3 heterocycles. The summed E-state index contributed by atoms with van der Waals surface area (Å²) >= 11 is 0. The third-order valence-corrected chi connectivity index (χ3v) is 3.53. The van der Waals surface area contributed by atoms with Gasteiger partial charge in [0.05, 0.1) is 5.54 Å². The van der Waals surface area contributed by atoms with E-state index in [0.717, 1.165) is 25.8 Å². The fraction of sp³-hybridized carbons (Fsp3) is 0.583. The van der Waals surface area contributed by atoms with Crippen LogP contribution >= 0.6 is 0 Å². The molecule has 2 aromatic heterocycles. The molecule has 0 radical (unpaired) electrons. The van der Waals surface area contributed by atoms with Gasteiger partial charge in [-0.25, -0.2) is 4.98 Å². The molecular formula is C12H16N4O2. The van der Waals surface area contributed by atoms with Gasteiger partial charge in [0.15, 0.2) is 5.89 Å². The Bertz CT molecular complexity index is 540. The number of aromatic nitrogens is 3. The Morgan fingerprint density at radius 2 is 2.33 bits per heavy atom. The first-order valence-electron chi connectivity index (χ1n) is 6.25. The fourth-order valence-corrected chi connectivity index (χ4v) is 2.43. The standard InChI is InChI=1S/C12H16N4O2/c1-3-12(5-4-6-13-12)11-15-10(16-18-11)9-7-17-8(2)14-9/h7,13H,3-6H2,1-2H3. The van der Waals surface area contributed by atoms with Crippen molar-refractivity contribution in [2.24, 2.45) is 0 Å². The van der Waals surface area contributed by atoms with Gasteiger partial charge in [-0.05, 0) is 25.8 Å². The van der Waals surface area contributed by atoms with E-state index in [-0.39, 0.29) is 5.54 Å². The first kappa shape index (κ1) is 11.4. The van der Waals surface area contributed by atoms with Gasteiger partial charge in [-0.1, -0.05) is 12.1 Å². The lowest BCUT2D eigenvalue weighted by Crippen LogP contribution is -2.36. The van der Waals surface area contributed by atoms with Crippen molar-refractivity contribution < 1.29 is 8.94 Å². The van der Waals surface area contributed by atoms with Gasteiger partial charge in [0, 0.05) is 6.92 Å². The summed E-state index contributed by atoms with van der Waals surface area (Å²) in [6.45, 7) is 4.91. The van der Waals surface area contributed by atoms with Gasteiger partial charge in [-0.2, -0.15) is 4.98 Å². The van der Waals surface area contributed by atoms with Crippen LogP contribution in [0.25, 0.3) is 11.5 Å². The highest BCUT2D eigenvalue weighted by Gasteiger charge is 2.39. The molecule has 0 spiro atoms. The van der Waals surface area contributed by atoms with Crippen molar-refractivity contribution in [2.75, 3.05) is 6.54 Å². The number of nitrogens with one attached hydrogen (secondary N) is 1. The van der Waals surface area contributed by atoms with Crippen LogP contribution in [-0.4, -0.2) is 21.7 Å². The largest absolute Gasteiger partial charge is 0.449 e. The number of nitrogens with zero attached hydrogens (tertiary/aromatic N) is 3. The van der Waals surface area contributed by atoms with Crippen molar-refractivity contribution in [1.82, 2.24) is 20.4 Å². The molecule has 1 N–H and O–H groups in total. The van der Waals surface area contributed by atoms with Gasteiger partial charge >= 0.3 is 0 Å². The van der Waals surface area contributed by atoms with Crippen LogP contribution in [0.4, 0.5) is 0 Å². The van der Waals surface area contributed by atoms with Gasteiger partial charge in [0.2, 0.25) is 11.7 Å². The predicted molar refractivity (Wildman–Crippen MR) is 63.7 cm³/mol. The Morgan fingerprint density at radius 1 is 1.44 bits per heavy atom. The van der Waals surface area contributed by atoms with Crippen LogP contribution in [0.15, 0.2) is 15.2 Å². The molecule has 1 aliphatic heterocycles. The molecule has 6 nitrogen and oxygen atoms in total. The highest BCUT2D eigenvalue weighted by atomic mass is 16.5. The summed E-state index contributed by atoms with van der Waals surface area (Å²) in [6, 6.07) is 0. The van der Waals surface area contributed by atoms with Crippen molar-refractivity contribution in [3.8, 4) is 11.5 Å². The summed E-state index contributed by atoms with van der Waals surface area (Å²) in [4.78, 5) is 8.65. The van der Waals surface area contributed by atoms with Gasteiger partial charge in [0.25, 0.3) is 0 Å². The second kappa shape index (κ2) is 4.20. The molecule has 18 heavy (non-hydrogen) atoms. The molecule has 1 unspecified atom stereocenters. The van der Waals surface area contributed by atoms with Crippen molar-refractivity contribution in [3.63, 3.8) is 0 Å². The number of oxazole rings is 1. The minimum absolute atomic E-state index is 0.163. The van der Waals surface area contributed by atoms with E-state index in [2.05, 4.69) is 27.4 Å². The maximum atomic E-state index is 5.40. The molecule has 0 bridgehead atoms. The van der Waals surface area contributed by atoms with E-state index in [1.54, 1.807) is 13.2 Å². The molecule has 96 valence electrons. The normalized spacial score (nSPS) is 23.7. The van der Waals surface area contributed by atoms with E-state index in [1.807, 2.05) is 0 Å². The van der Waals surface area contributed by atoms with Crippen LogP contribution in [0.1, 0.15) is 38.0 Å². The minimum atomic E-state index is -0.163. The highest BCUT2D eigenvalue weighted by molar-refractivity contribution is 5.45. The Balaban J connectivity index is 1.93. The first-order valence-corrected chi connectivity index (χ1v) is 6.25. The average molecular weight is 248 g/mol. The van der Waals surface area contributed by atoms with Gasteiger partial charge in [-0.15, -0.1) is 0 Å². The van der Waals surface area contributed by atoms with E-state index in [9.17, 15) is 0 Å². The summed E-state index contributed by atoms with van der Waals surface area (Å²) < 4.78 is 10.6. The lowest BCUT2D eigenvalue weighted by atomic mass is 9.94. The second-order valence-corrected chi connectivity index (χ2v) is 4.64. The zero-order valence-electron chi connectivity index (χ0n) is 10.6. The topological polar surface area (TPSA) is 77.0 Å². The Kier molecular flexibility index (Phi) is 2.66. The zero-order valence-corrected chi connectivity index (χ0v) is 10.6. The lowest BCUT2D eigenvalue weighted by Gasteiger charge is -2.22. The summed E-state index contributed by atoms with van der Waals surface area (Å²) in [6.07, 6.45) is 4.65. The van der Waals surface area contributed by atoms with Crippen molar-refractivity contribution in [3.05, 3.63) is 18.0 Å². The lowest BCUT2D eigenvalue weighted by molar-refractivity contribution is 0.250. The molecule has 1 aliphatic rings. The molecule has 2 aromatic rings. The molecule has 0 saturated carbocycles. The molecule has 0 aromatic carbocycles. The Morgan fingerprint density at radius 3 is 2.94 bits per heavy atom. The van der Waals surface area contributed by atoms with Crippen molar-refractivity contribution in [2.45, 2.75) is 38.6 Å². The number of rotatable bonds is 3. The van der Waals surface area contributed by atoms with Crippen molar-refractivity contribution >= 4 is 0 Å². The smallest absolute Gasteiger partial charge is 0.247 e. The molecule has 0 amide bonds. The van der Waals surface area contributed by atoms with Crippen LogP contribution in [0, 0.1) is 6.92 Å². The average Bonchev–Trinajstić information content (AvgIpc) is 3.08. The Labute approximate surface area is 105 Å². The van der Waals surface area contributed by atoms with Crippen LogP contribution < -0.4 is 5.32 Å². The summed E-state index contributed by atoms with van der Waals surface area (Å²) in [5, 5.41) is 7.45. The van der Waals surface area contributed by atoms with Gasteiger partial charge < -0.3 is 14.3 Å². The number of aryl methyl sites for hydroxylation is 1. The molecule has 1 saturated heterocycles. The molecule has 3 rings (SSSR count). The van der Waals surface area contributed by atoms with E-state index in [4.69, 9.17) is 8.94 Å². The third-order valence-electron chi connectivity index (χ3n) is 3.53. The molecule has 0 aliphatic carbocycles. The summed E-state index contributed by atoms with van der Waals surface area (Å²) in [5.74, 6) is 1.74. The van der Waals surface area contributed by atoms with Crippen LogP contribution in [0.2, 0.25) is 0 Å². The molecule has 6 heteroatoms. The highest BCUT2D eigenvalue weighted by Crippen LogP contribution is 2.33.